The van der Waals surface area contributed by atoms with E-state index >= 15 is 0 Å². The molecule has 4 heteroatoms. The molecule has 20 heavy (non-hydrogen) atoms. The molecule has 1 amide bonds. The van der Waals surface area contributed by atoms with Gasteiger partial charge in [0.05, 0.1) is 6.54 Å². The van der Waals surface area contributed by atoms with Crippen LogP contribution in [0.3, 0.4) is 0 Å². The number of cyclic esters (lactones) is 1. The number of carbonyl (C=O) groups excluding carboxylic acids is 1. The van der Waals surface area contributed by atoms with Crippen LogP contribution >= 0.6 is 0 Å². The second-order valence-electron chi connectivity index (χ2n) is 6.07. The van der Waals surface area contributed by atoms with E-state index in [1.165, 1.54) is 0 Å². The minimum atomic E-state index is -0.348. The Balaban J connectivity index is 1.68. The minimum absolute atomic E-state index is 0.179. The van der Waals surface area contributed by atoms with Crippen LogP contribution in [0.2, 0.25) is 0 Å². The van der Waals surface area contributed by atoms with Gasteiger partial charge in [-0.1, -0.05) is 30.3 Å². The van der Waals surface area contributed by atoms with E-state index in [-0.39, 0.29) is 11.7 Å². The van der Waals surface area contributed by atoms with Gasteiger partial charge in [-0.15, -0.1) is 0 Å². The highest BCUT2D eigenvalue weighted by atomic mass is 16.6. The number of ether oxygens (including phenoxy) is 1. The molecule has 4 nitrogen and oxygen atoms in total. The summed E-state index contributed by atoms with van der Waals surface area (Å²) in [6, 6.07) is 10.1. The molecule has 0 saturated carbocycles. The number of hydrogen-bond acceptors (Lipinski definition) is 3. The van der Waals surface area contributed by atoms with Crippen molar-refractivity contribution >= 4 is 6.09 Å². The maximum absolute atomic E-state index is 12.1. The van der Waals surface area contributed by atoms with Crippen LogP contribution in [0.5, 0.6) is 0 Å². The molecule has 2 heterocycles. The Labute approximate surface area is 120 Å². The van der Waals surface area contributed by atoms with Gasteiger partial charge in [-0.25, -0.2) is 4.79 Å². The van der Waals surface area contributed by atoms with Gasteiger partial charge in [0.15, 0.2) is 0 Å². The lowest BCUT2D eigenvalue weighted by atomic mass is 9.83. The van der Waals surface area contributed by atoms with Gasteiger partial charge in [0.2, 0.25) is 0 Å². The molecule has 2 aliphatic rings. The fourth-order valence-electron chi connectivity index (χ4n) is 3.25. The van der Waals surface area contributed by atoms with Crippen LogP contribution in [0.1, 0.15) is 25.3 Å². The average molecular weight is 274 g/mol. The smallest absolute Gasteiger partial charge is 0.410 e. The van der Waals surface area contributed by atoms with Crippen molar-refractivity contribution in [1.29, 1.82) is 0 Å². The maximum atomic E-state index is 12.1. The molecular weight excluding hydrogens is 252 g/mol. The van der Waals surface area contributed by atoms with Crippen molar-refractivity contribution in [3.8, 4) is 0 Å². The van der Waals surface area contributed by atoms with Gasteiger partial charge in [-0.3, -0.25) is 4.90 Å². The fourth-order valence-corrected chi connectivity index (χ4v) is 3.25. The van der Waals surface area contributed by atoms with Crippen molar-refractivity contribution in [2.24, 2.45) is 5.92 Å². The molecule has 2 saturated heterocycles. The number of carbonyl (C=O) groups is 1. The van der Waals surface area contributed by atoms with E-state index in [4.69, 9.17) is 4.74 Å². The molecule has 0 aliphatic carbocycles. The normalized spacial score (nSPS) is 30.4. The summed E-state index contributed by atoms with van der Waals surface area (Å²) in [5, 5.41) is 3.41. The van der Waals surface area contributed by atoms with Gasteiger partial charge in [-0.05, 0) is 31.9 Å². The lowest BCUT2D eigenvalue weighted by molar-refractivity contribution is 0.0121. The van der Waals surface area contributed by atoms with Gasteiger partial charge >= 0.3 is 6.09 Å². The van der Waals surface area contributed by atoms with Crippen LogP contribution in [0.4, 0.5) is 4.79 Å². The summed E-state index contributed by atoms with van der Waals surface area (Å²) in [5.41, 5.74) is 0.801. The van der Waals surface area contributed by atoms with E-state index in [1.54, 1.807) is 0 Å². The van der Waals surface area contributed by atoms with Gasteiger partial charge in [0.25, 0.3) is 0 Å². The highest BCUT2D eigenvalue weighted by molar-refractivity contribution is 5.70. The van der Waals surface area contributed by atoms with Crippen molar-refractivity contribution in [1.82, 2.24) is 10.2 Å². The first kappa shape index (κ1) is 13.4. The Kier molecular flexibility index (Phi) is 3.66. The largest absolute Gasteiger partial charge is 0.441 e. The number of nitrogens with one attached hydrogen (secondary N) is 1. The average Bonchev–Trinajstić information content (AvgIpc) is 2.77. The molecular formula is C16H22N2O2. The number of benzene rings is 1. The predicted molar refractivity (Wildman–Crippen MR) is 77.3 cm³/mol. The summed E-state index contributed by atoms with van der Waals surface area (Å²) in [4.78, 5) is 13.9. The zero-order valence-corrected chi connectivity index (χ0v) is 12.0. The number of piperidine rings is 1. The number of amides is 1. The summed E-state index contributed by atoms with van der Waals surface area (Å²) in [6.07, 6.45) is 2.12. The molecule has 108 valence electrons. The lowest BCUT2D eigenvalue weighted by Crippen LogP contribution is -2.46. The van der Waals surface area contributed by atoms with E-state index in [2.05, 4.69) is 12.2 Å². The Morgan fingerprint density at radius 2 is 2.20 bits per heavy atom. The molecule has 0 radical (unpaired) electrons. The Morgan fingerprint density at radius 3 is 2.90 bits per heavy atom. The highest BCUT2D eigenvalue weighted by Crippen LogP contribution is 2.34. The zero-order chi connectivity index (χ0) is 14.0. The van der Waals surface area contributed by atoms with E-state index < -0.39 is 0 Å². The quantitative estimate of drug-likeness (QED) is 0.920. The summed E-state index contributed by atoms with van der Waals surface area (Å²) in [7, 11) is 0. The van der Waals surface area contributed by atoms with Crippen molar-refractivity contribution in [3.63, 3.8) is 0 Å². The highest BCUT2D eigenvalue weighted by Gasteiger charge is 2.46. The second-order valence-corrected chi connectivity index (χ2v) is 6.07. The van der Waals surface area contributed by atoms with Crippen molar-refractivity contribution < 1.29 is 9.53 Å². The summed E-state index contributed by atoms with van der Waals surface area (Å²) in [5.74, 6) is 0.418. The molecule has 1 aromatic rings. The van der Waals surface area contributed by atoms with Gasteiger partial charge in [0.1, 0.15) is 5.60 Å². The van der Waals surface area contributed by atoms with E-state index in [1.807, 2.05) is 35.2 Å². The first-order valence-electron chi connectivity index (χ1n) is 7.40. The first-order valence-corrected chi connectivity index (χ1v) is 7.40. The zero-order valence-electron chi connectivity index (χ0n) is 12.0. The molecule has 2 unspecified atom stereocenters. The van der Waals surface area contributed by atoms with Crippen LogP contribution in [0.25, 0.3) is 0 Å². The molecule has 3 rings (SSSR count). The van der Waals surface area contributed by atoms with E-state index in [9.17, 15) is 4.79 Å². The summed E-state index contributed by atoms with van der Waals surface area (Å²) >= 11 is 0. The van der Waals surface area contributed by atoms with Crippen LogP contribution in [0.15, 0.2) is 30.3 Å². The molecule has 0 aromatic heterocycles. The van der Waals surface area contributed by atoms with Crippen LogP contribution in [-0.4, -0.2) is 36.2 Å². The topological polar surface area (TPSA) is 41.6 Å². The summed E-state index contributed by atoms with van der Waals surface area (Å²) in [6.45, 7) is 5.42. The van der Waals surface area contributed by atoms with Crippen LogP contribution < -0.4 is 5.32 Å². The minimum Gasteiger partial charge on any atom is -0.441 e. The van der Waals surface area contributed by atoms with E-state index in [0.29, 0.717) is 19.0 Å². The third-order valence-corrected chi connectivity index (χ3v) is 4.46. The first-order chi connectivity index (χ1) is 9.67. The van der Waals surface area contributed by atoms with Crippen LogP contribution in [0, 0.1) is 5.92 Å². The molecule has 2 aliphatic heterocycles. The molecule has 2 atom stereocenters. The van der Waals surface area contributed by atoms with Gasteiger partial charge < -0.3 is 10.1 Å². The van der Waals surface area contributed by atoms with Crippen LogP contribution in [-0.2, 0) is 11.3 Å². The number of nitrogens with zero attached hydrogens (tertiary/aromatic N) is 1. The maximum Gasteiger partial charge on any atom is 0.410 e. The van der Waals surface area contributed by atoms with Crippen molar-refractivity contribution in [2.75, 3.05) is 19.6 Å². The molecule has 2 fully saturated rings. The third-order valence-electron chi connectivity index (χ3n) is 4.46. The van der Waals surface area contributed by atoms with Gasteiger partial charge in [-0.2, -0.15) is 0 Å². The van der Waals surface area contributed by atoms with E-state index in [0.717, 1.165) is 31.5 Å². The van der Waals surface area contributed by atoms with Gasteiger partial charge in [0, 0.05) is 19.0 Å². The standard InChI is InChI=1S/C16H22N2O2/c1-16(14-8-5-9-17-10-14)12-18(15(19)20-16)11-13-6-3-2-4-7-13/h2-4,6-7,14,17H,5,8-12H2,1H3. The lowest BCUT2D eigenvalue weighted by Gasteiger charge is -2.34. The molecule has 1 aromatic carbocycles. The Bertz CT molecular complexity index is 471. The molecule has 0 bridgehead atoms. The second kappa shape index (κ2) is 5.44. The van der Waals surface area contributed by atoms with Crippen molar-refractivity contribution in [2.45, 2.75) is 31.9 Å². The SMILES string of the molecule is CC1(C2CCCNC2)CN(Cc2ccccc2)C(=O)O1. The fraction of sp³-hybridized carbons (Fsp3) is 0.562. The Morgan fingerprint density at radius 1 is 1.40 bits per heavy atom. The Hall–Kier alpha value is -1.55. The monoisotopic (exact) mass is 274 g/mol. The molecule has 1 N–H and O–H groups in total. The summed E-state index contributed by atoms with van der Waals surface area (Å²) < 4.78 is 5.72. The number of rotatable bonds is 3. The van der Waals surface area contributed by atoms with Crippen molar-refractivity contribution in [3.05, 3.63) is 35.9 Å². The third kappa shape index (κ3) is 2.66. The number of hydrogen-bond donors (Lipinski definition) is 1. The predicted octanol–water partition coefficient (Wildman–Crippen LogP) is 2.40. The molecule has 0 spiro atoms.